The fourth-order valence-electron chi connectivity index (χ4n) is 4.39. The van der Waals surface area contributed by atoms with Crippen LogP contribution < -0.4 is 14.2 Å². The van der Waals surface area contributed by atoms with E-state index in [2.05, 4.69) is 23.1 Å². The SMILES string of the molecule is COc1cc2c(cc1OC)C1Cc3ccc(OC)c(CO)c3CN1CC2. The monoisotopic (exact) mass is 355 g/mol. The van der Waals surface area contributed by atoms with Gasteiger partial charge in [0.15, 0.2) is 11.5 Å². The molecule has 4 rings (SSSR count). The first-order valence-corrected chi connectivity index (χ1v) is 8.97. The number of hydrogen-bond donors (Lipinski definition) is 1. The molecule has 5 heteroatoms. The van der Waals surface area contributed by atoms with Gasteiger partial charge in [0.1, 0.15) is 5.75 Å². The summed E-state index contributed by atoms with van der Waals surface area (Å²) < 4.78 is 16.4. The summed E-state index contributed by atoms with van der Waals surface area (Å²) in [4.78, 5) is 2.50. The molecule has 5 nitrogen and oxygen atoms in total. The van der Waals surface area contributed by atoms with E-state index in [0.29, 0.717) is 6.04 Å². The van der Waals surface area contributed by atoms with Crippen LogP contribution in [0.15, 0.2) is 24.3 Å². The number of aliphatic hydroxyl groups excluding tert-OH is 1. The molecular weight excluding hydrogens is 330 g/mol. The maximum atomic E-state index is 9.86. The lowest BCUT2D eigenvalue weighted by atomic mass is 9.82. The fraction of sp³-hybridized carbons (Fsp3) is 0.429. The van der Waals surface area contributed by atoms with Crippen LogP contribution in [0, 0.1) is 0 Å². The van der Waals surface area contributed by atoms with Crippen LogP contribution in [0.2, 0.25) is 0 Å². The van der Waals surface area contributed by atoms with Crippen molar-refractivity contribution in [2.24, 2.45) is 0 Å². The predicted molar refractivity (Wildman–Crippen MR) is 99.0 cm³/mol. The number of nitrogens with zero attached hydrogens (tertiary/aromatic N) is 1. The Bertz CT molecular complexity index is 833. The highest BCUT2D eigenvalue weighted by Gasteiger charge is 2.34. The molecule has 0 amide bonds. The number of aliphatic hydroxyl groups is 1. The molecule has 2 heterocycles. The third-order valence-corrected chi connectivity index (χ3v) is 5.75. The van der Waals surface area contributed by atoms with Crippen LogP contribution in [0.25, 0.3) is 0 Å². The van der Waals surface area contributed by atoms with Crippen molar-refractivity contribution in [1.82, 2.24) is 4.90 Å². The van der Waals surface area contributed by atoms with E-state index in [0.717, 1.165) is 48.7 Å². The van der Waals surface area contributed by atoms with Gasteiger partial charge in [-0.05, 0) is 53.3 Å². The number of ether oxygens (including phenoxy) is 3. The Balaban J connectivity index is 1.76. The molecule has 0 fully saturated rings. The summed E-state index contributed by atoms with van der Waals surface area (Å²) in [6.45, 7) is 1.84. The van der Waals surface area contributed by atoms with Crippen molar-refractivity contribution < 1.29 is 19.3 Å². The Morgan fingerprint density at radius 2 is 1.73 bits per heavy atom. The molecule has 0 radical (unpaired) electrons. The highest BCUT2D eigenvalue weighted by atomic mass is 16.5. The van der Waals surface area contributed by atoms with Gasteiger partial charge in [0.25, 0.3) is 0 Å². The van der Waals surface area contributed by atoms with Crippen LogP contribution >= 0.6 is 0 Å². The topological polar surface area (TPSA) is 51.2 Å². The maximum Gasteiger partial charge on any atom is 0.161 e. The normalized spacial score (nSPS) is 18.5. The zero-order chi connectivity index (χ0) is 18.3. The molecule has 2 aromatic rings. The Morgan fingerprint density at radius 1 is 1.00 bits per heavy atom. The van der Waals surface area contributed by atoms with Crippen molar-refractivity contribution >= 4 is 0 Å². The average Bonchev–Trinajstić information content (AvgIpc) is 2.70. The summed E-state index contributed by atoms with van der Waals surface area (Å²) in [5, 5.41) is 9.86. The average molecular weight is 355 g/mol. The Morgan fingerprint density at radius 3 is 2.42 bits per heavy atom. The summed E-state index contributed by atoms with van der Waals surface area (Å²) in [6.07, 6.45) is 1.91. The van der Waals surface area contributed by atoms with E-state index < -0.39 is 0 Å². The Labute approximate surface area is 154 Å². The number of methoxy groups -OCH3 is 3. The molecule has 1 N–H and O–H groups in total. The van der Waals surface area contributed by atoms with Crippen LogP contribution in [0.3, 0.4) is 0 Å². The molecule has 0 saturated carbocycles. The van der Waals surface area contributed by atoms with Crippen molar-refractivity contribution in [3.63, 3.8) is 0 Å². The highest BCUT2D eigenvalue weighted by Crippen LogP contribution is 2.43. The fourth-order valence-corrected chi connectivity index (χ4v) is 4.39. The van der Waals surface area contributed by atoms with Gasteiger partial charge in [-0.2, -0.15) is 0 Å². The first kappa shape index (κ1) is 17.2. The van der Waals surface area contributed by atoms with Gasteiger partial charge >= 0.3 is 0 Å². The third kappa shape index (κ3) is 2.63. The Kier molecular flexibility index (Phi) is 4.51. The van der Waals surface area contributed by atoms with E-state index in [4.69, 9.17) is 14.2 Å². The number of hydrogen-bond acceptors (Lipinski definition) is 5. The summed E-state index contributed by atoms with van der Waals surface area (Å²) in [5.41, 5.74) is 6.08. The summed E-state index contributed by atoms with van der Waals surface area (Å²) >= 11 is 0. The van der Waals surface area contributed by atoms with Crippen LogP contribution in [-0.2, 0) is 26.0 Å². The lowest BCUT2D eigenvalue weighted by Crippen LogP contribution is -2.39. The van der Waals surface area contributed by atoms with Crippen LogP contribution in [-0.4, -0.2) is 37.9 Å². The van der Waals surface area contributed by atoms with Crippen LogP contribution in [0.1, 0.15) is 33.9 Å². The van der Waals surface area contributed by atoms with Crippen molar-refractivity contribution in [1.29, 1.82) is 0 Å². The van der Waals surface area contributed by atoms with Gasteiger partial charge in [-0.1, -0.05) is 6.07 Å². The Hall–Kier alpha value is -2.24. The molecule has 2 aliphatic heterocycles. The molecule has 1 atom stereocenters. The molecule has 0 saturated heterocycles. The molecule has 2 aliphatic rings. The zero-order valence-corrected chi connectivity index (χ0v) is 15.5. The smallest absolute Gasteiger partial charge is 0.161 e. The van der Waals surface area contributed by atoms with Gasteiger partial charge < -0.3 is 19.3 Å². The summed E-state index contributed by atoms with van der Waals surface area (Å²) in [5.74, 6) is 2.35. The number of benzene rings is 2. The molecule has 0 aliphatic carbocycles. The minimum absolute atomic E-state index is 0.00641. The predicted octanol–water partition coefficient (Wildman–Crippen LogP) is 2.86. The first-order valence-electron chi connectivity index (χ1n) is 8.97. The van der Waals surface area contributed by atoms with E-state index in [1.54, 1.807) is 21.3 Å². The number of fused-ring (bicyclic) bond motifs is 4. The van der Waals surface area contributed by atoms with Gasteiger partial charge in [-0.25, -0.2) is 0 Å². The van der Waals surface area contributed by atoms with E-state index in [1.807, 2.05) is 6.07 Å². The van der Waals surface area contributed by atoms with Crippen molar-refractivity contribution in [3.8, 4) is 17.2 Å². The standard InChI is InChI=1S/C21H25NO4/c1-24-19-5-4-13-8-18-15-10-21(26-3)20(25-2)9-14(15)6-7-22(18)11-16(13)17(19)12-23/h4-5,9-10,18,23H,6-8,11-12H2,1-3H3. The van der Waals surface area contributed by atoms with E-state index in [9.17, 15) is 5.11 Å². The molecular formula is C21H25NO4. The van der Waals surface area contributed by atoms with Crippen molar-refractivity contribution in [2.45, 2.75) is 32.0 Å². The molecule has 1 unspecified atom stereocenters. The second-order valence-electron chi connectivity index (χ2n) is 6.89. The maximum absolute atomic E-state index is 9.86. The zero-order valence-electron chi connectivity index (χ0n) is 15.5. The van der Waals surface area contributed by atoms with Crippen LogP contribution in [0.5, 0.6) is 17.2 Å². The summed E-state index contributed by atoms with van der Waals surface area (Å²) in [7, 11) is 5.02. The minimum Gasteiger partial charge on any atom is -0.496 e. The highest BCUT2D eigenvalue weighted by molar-refractivity contribution is 5.52. The minimum atomic E-state index is 0.00641. The van der Waals surface area contributed by atoms with Gasteiger partial charge in [-0.3, -0.25) is 4.90 Å². The van der Waals surface area contributed by atoms with E-state index in [1.165, 1.54) is 22.3 Å². The van der Waals surface area contributed by atoms with Crippen molar-refractivity contribution in [2.75, 3.05) is 27.9 Å². The van der Waals surface area contributed by atoms with Gasteiger partial charge in [0, 0.05) is 24.7 Å². The molecule has 26 heavy (non-hydrogen) atoms. The second-order valence-corrected chi connectivity index (χ2v) is 6.89. The number of rotatable bonds is 4. The van der Waals surface area contributed by atoms with Gasteiger partial charge in [-0.15, -0.1) is 0 Å². The molecule has 0 spiro atoms. The lowest BCUT2D eigenvalue weighted by Gasteiger charge is -2.42. The summed E-state index contributed by atoms with van der Waals surface area (Å²) in [6, 6.07) is 8.68. The second kappa shape index (κ2) is 6.82. The largest absolute Gasteiger partial charge is 0.496 e. The van der Waals surface area contributed by atoms with Gasteiger partial charge in [0.05, 0.1) is 27.9 Å². The van der Waals surface area contributed by atoms with Crippen LogP contribution in [0.4, 0.5) is 0 Å². The molecule has 138 valence electrons. The quantitative estimate of drug-likeness (QED) is 0.914. The third-order valence-electron chi connectivity index (χ3n) is 5.75. The van der Waals surface area contributed by atoms with Gasteiger partial charge in [0.2, 0.25) is 0 Å². The first-order chi connectivity index (χ1) is 12.7. The molecule has 0 bridgehead atoms. The lowest BCUT2D eigenvalue weighted by molar-refractivity contribution is 0.157. The molecule has 2 aromatic carbocycles. The van der Waals surface area contributed by atoms with E-state index in [-0.39, 0.29) is 6.61 Å². The molecule has 0 aromatic heterocycles. The van der Waals surface area contributed by atoms with Crippen molar-refractivity contribution in [3.05, 3.63) is 52.1 Å². The van der Waals surface area contributed by atoms with E-state index >= 15 is 0 Å².